The Morgan fingerprint density at radius 2 is 1.84 bits per heavy atom. The van der Waals surface area contributed by atoms with Crippen LogP contribution in [0.4, 0.5) is 0 Å². The van der Waals surface area contributed by atoms with Gasteiger partial charge in [-0.1, -0.05) is 30.3 Å². The van der Waals surface area contributed by atoms with Crippen LogP contribution in [0.1, 0.15) is 32.2 Å². The van der Waals surface area contributed by atoms with E-state index in [-0.39, 0.29) is 23.6 Å². The Labute approximate surface area is 145 Å². The maximum absolute atomic E-state index is 12.7. The number of hydrogen-bond acceptors (Lipinski definition) is 4. The molecular formula is C19H20N2O4. The monoisotopic (exact) mass is 340 g/mol. The van der Waals surface area contributed by atoms with E-state index in [4.69, 9.17) is 9.15 Å². The summed E-state index contributed by atoms with van der Waals surface area (Å²) < 4.78 is 11.0. The molecule has 2 aromatic rings. The number of rotatable bonds is 5. The Hall–Kier alpha value is -2.60. The molecule has 6 nitrogen and oxygen atoms in total. The number of fused-ring (bicyclic) bond motifs is 1. The molecule has 130 valence electrons. The molecule has 25 heavy (non-hydrogen) atoms. The first-order valence-corrected chi connectivity index (χ1v) is 8.44. The summed E-state index contributed by atoms with van der Waals surface area (Å²) in [6.07, 6.45) is 0.460. The Morgan fingerprint density at radius 3 is 2.52 bits per heavy atom. The quantitative estimate of drug-likeness (QED) is 0.866. The second kappa shape index (κ2) is 6.37. The van der Waals surface area contributed by atoms with E-state index in [1.165, 1.54) is 13.1 Å². The van der Waals surface area contributed by atoms with E-state index in [1.54, 1.807) is 0 Å². The number of ether oxygens (including phenoxy) is 1. The van der Waals surface area contributed by atoms with E-state index < -0.39 is 0 Å². The third kappa shape index (κ3) is 3.05. The van der Waals surface area contributed by atoms with Gasteiger partial charge < -0.3 is 19.8 Å². The molecule has 1 saturated heterocycles. The van der Waals surface area contributed by atoms with Gasteiger partial charge in [0.05, 0.1) is 18.8 Å². The van der Waals surface area contributed by atoms with Crippen molar-refractivity contribution < 1.29 is 18.7 Å². The summed E-state index contributed by atoms with van der Waals surface area (Å²) in [4.78, 5) is 24.6. The highest BCUT2D eigenvalue weighted by Gasteiger charge is 2.54. The lowest BCUT2D eigenvalue weighted by Gasteiger charge is -2.07. The first kappa shape index (κ1) is 15.9. The molecule has 2 N–H and O–H groups in total. The Bertz CT molecular complexity index is 789. The fourth-order valence-corrected chi connectivity index (χ4v) is 3.45. The minimum Gasteiger partial charge on any atom is -0.455 e. The molecule has 2 aliphatic rings. The van der Waals surface area contributed by atoms with E-state index >= 15 is 0 Å². The van der Waals surface area contributed by atoms with Gasteiger partial charge in [0.1, 0.15) is 5.76 Å². The predicted octanol–water partition coefficient (Wildman–Crippen LogP) is 1.60. The minimum absolute atomic E-state index is 0.151. The molecule has 1 aromatic heterocycles. The largest absolute Gasteiger partial charge is 0.455 e. The Morgan fingerprint density at radius 1 is 1.12 bits per heavy atom. The third-order valence-electron chi connectivity index (χ3n) is 4.96. The molecule has 4 rings (SSSR count). The van der Waals surface area contributed by atoms with Crippen molar-refractivity contribution in [1.29, 1.82) is 0 Å². The lowest BCUT2D eigenvalue weighted by Crippen LogP contribution is -2.30. The minimum atomic E-state index is -0.343. The molecule has 0 unspecified atom stereocenters. The summed E-state index contributed by atoms with van der Waals surface area (Å²) in [6.45, 7) is 1.42. The highest BCUT2D eigenvalue weighted by molar-refractivity contribution is 5.99. The number of furan rings is 1. The molecule has 2 heterocycles. The van der Waals surface area contributed by atoms with Gasteiger partial charge in [-0.25, -0.2) is 0 Å². The van der Waals surface area contributed by atoms with Crippen molar-refractivity contribution in [2.24, 2.45) is 11.8 Å². The van der Waals surface area contributed by atoms with Gasteiger partial charge in [0.25, 0.3) is 11.8 Å². The van der Waals surface area contributed by atoms with E-state index in [0.717, 1.165) is 5.56 Å². The molecule has 1 aliphatic carbocycles. The molecule has 2 fully saturated rings. The summed E-state index contributed by atoms with van der Waals surface area (Å²) in [6, 6.07) is 11.4. The predicted molar refractivity (Wildman–Crippen MR) is 90.4 cm³/mol. The van der Waals surface area contributed by atoms with Crippen molar-refractivity contribution in [2.75, 3.05) is 20.3 Å². The molecule has 0 bridgehead atoms. The highest BCUT2D eigenvalue weighted by atomic mass is 16.5. The van der Waals surface area contributed by atoms with Gasteiger partial charge >= 0.3 is 0 Å². The van der Waals surface area contributed by atoms with Crippen LogP contribution in [-0.2, 0) is 11.2 Å². The first-order chi connectivity index (χ1) is 12.2. The number of carbonyl (C=O) groups excluding carboxylic acids is 2. The van der Waals surface area contributed by atoms with Gasteiger partial charge in [-0.3, -0.25) is 9.59 Å². The van der Waals surface area contributed by atoms with Crippen molar-refractivity contribution in [3.63, 3.8) is 0 Å². The van der Waals surface area contributed by atoms with Gasteiger partial charge in [-0.2, -0.15) is 0 Å². The molecule has 6 heteroatoms. The van der Waals surface area contributed by atoms with Crippen LogP contribution in [-0.4, -0.2) is 38.1 Å². The van der Waals surface area contributed by atoms with E-state index in [2.05, 4.69) is 10.6 Å². The Kier molecular flexibility index (Phi) is 4.05. The van der Waals surface area contributed by atoms with Crippen molar-refractivity contribution in [1.82, 2.24) is 10.6 Å². The number of hydrogen-bond donors (Lipinski definition) is 2. The summed E-state index contributed by atoms with van der Waals surface area (Å²) in [5, 5.41) is 5.59. The average Bonchev–Trinajstić information content (AvgIpc) is 3.00. The summed E-state index contributed by atoms with van der Waals surface area (Å²) in [5.41, 5.74) is 1.44. The van der Waals surface area contributed by atoms with E-state index in [1.807, 2.05) is 30.3 Å². The van der Waals surface area contributed by atoms with Crippen LogP contribution in [0.15, 0.2) is 40.8 Å². The van der Waals surface area contributed by atoms with Crippen molar-refractivity contribution in [2.45, 2.75) is 12.5 Å². The zero-order chi connectivity index (χ0) is 17.4. The average molecular weight is 340 g/mol. The van der Waals surface area contributed by atoms with Crippen LogP contribution in [0.3, 0.4) is 0 Å². The molecule has 2 amide bonds. The zero-order valence-electron chi connectivity index (χ0n) is 14.0. The second-order valence-corrected chi connectivity index (χ2v) is 6.55. The van der Waals surface area contributed by atoms with Crippen LogP contribution >= 0.6 is 0 Å². The normalized spacial score (nSPS) is 23.8. The lowest BCUT2D eigenvalue weighted by atomic mass is 10.1. The SMILES string of the molecule is CNC(=O)c1cc(C(=O)N[C@H]2[C@@H]3COC[C@@H]32)c(Cc2ccccc2)o1. The van der Waals surface area contributed by atoms with Crippen LogP contribution in [0.2, 0.25) is 0 Å². The van der Waals surface area contributed by atoms with E-state index in [9.17, 15) is 9.59 Å². The molecule has 1 aromatic carbocycles. The number of benzene rings is 1. The van der Waals surface area contributed by atoms with Gasteiger partial charge in [-0.05, 0) is 5.56 Å². The number of nitrogens with one attached hydrogen (secondary N) is 2. The Balaban J connectivity index is 1.57. The molecule has 1 saturated carbocycles. The molecule has 1 aliphatic heterocycles. The summed E-state index contributed by atoms with van der Waals surface area (Å²) >= 11 is 0. The van der Waals surface area contributed by atoms with Crippen LogP contribution in [0.25, 0.3) is 0 Å². The fourth-order valence-electron chi connectivity index (χ4n) is 3.45. The van der Waals surface area contributed by atoms with Gasteiger partial charge in [0.15, 0.2) is 5.76 Å². The number of carbonyl (C=O) groups is 2. The van der Waals surface area contributed by atoms with Gasteiger partial charge in [0.2, 0.25) is 0 Å². The van der Waals surface area contributed by atoms with Crippen LogP contribution < -0.4 is 10.6 Å². The standard InChI is InChI=1S/C19H20N2O4/c1-20-19(23)16-8-12(15(25-16)7-11-5-3-2-4-6-11)18(22)21-17-13-9-24-10-14(13)17/h2-6,8,13-14,17H,7,9-10H2,1H3,(H,20,23)(H,21,22)/t13-,14+,17+. The van der Waals surface area contributed by atoms with Crippen molar-refractivity contribution in [3.05, 3.63) is 59.0 Å². The molecular weight excluding hydrogens is 320 g/mol. The van der Waals surface area contributed by atoms with Gasteiger partial charge in [0, 0.05) is 37.4 Å². The van der Waals surface area contributed by atoms with Gasteiger partial charge in [-0.15, -0.1) is 0 Å². The van der Waals surface area contributed by atoms with E-state index in [0.29, 0.717) is 42.8 Å². The molecule has 3 atom stereocenters. The fraction of sp³-hybridized carbons (Fsp3) is 0.368. The first-order valence-electron chi connectivity index (χ1n) is 8.44. The van der Waals surface area contributed by atoms with Crippen LogP contribution in [0, 0.1) is 11.8 Å². The maximum atomic E-state index is 12.7. The van der Waals surface area contributed by atoms with Crippen molar-refractivity contribution in [3.8, 4) is 0 Å². The lowest BCUT2D eigenvalue weighted by molar-refractivity contribution is 0.0920. The highest BCUT2D eigenvalue weighted by Crippen LogP contribution is 2.44. The van der Waals surface area contributed by atoms with Crippen LogP contribution in [0.5, 0.6) is 0 Å². The third-order valence-corrected chi connectivity index (χ3v) is 4.96. The number of amides is 2. The van der Waals surface area contributed by atoms with Crippen molar-refractivity contribution >= 4 is 11.8 Å². The topological polar surface area (TPSA) is 80.6 Å². The summed E-state index contributed by atoms with van der Waals surface area (Å²) in [7, 11) is 1.53. The summed E-state index contributed by atoms with van der Waals surface area (Å²) in [5.74, 6) is 0.968. The molecule has 0 spiro atoms. The zero-order valence-corrected chi connectivity index (χ0v) is 14.0. The maximum Gasteiger partial charge on any atom is 0.286 e. The smallest absolute Gasteiger partial charge is 0.286 e. The molecule has 0 radical (unpaired) electrons. The second-order valence-electron chi connectivity index (χ2n) is 6.55.